The maximum absolute atomic E-state index is 5.64. The second-order valence-electron chi connectivity index (χ2n) is 3.56. The van der Waals surface area contributed by atoms with Gasteiger partial charge < -0.3 is 15.8 Å². The van der Waals surface area contributed by atoms with Crippen molar-refractivity contribution in [1.29, 1.82) is 0 Å². The highest BCUT2D eigenvalue weighted by molar-refractivity contribution is 9.11. The fraction of sp³-hybridized carbons (Fsp3) is 0.0833. The molecule has 0 aliphatic carbocycles. The van der Waals surface area contributed by atoms with Gasteiger partial charge in [-0.25, -0.2) is 4.98 Å². The molecule has 0 amide bonds. The molecular formula is C12H11Br2N3O. The van der Waals surface area contributed by atoms with Crippen molar-refractivity contribution in [2.24, 2.45) is 0 Å². The number of ether oxygens (including phenoxy) is 1. The van der Waals surface area contributed by atoms with Crippen LogP contribution in [0.25, 0.3) is 0 Å². The highest BCUT2D eigenvalue weighted by atomic mass is 79.9. The monoisotopic (exact) mass is 371 g/mol. The number of nitrogens with two attached hydrogens (primary N) is 1. The molecule has 0 atom stereocenters. The minimum Gasteiger partial charge on any atom is -0.495 e. The number of hydrogen-bond donors (Lipinski definition) is 2. The molecule has 18 heavy (non-hydrogen) atoms. The first-order valence-corrected chi connectivity index (χ1v) is 6.70. The Labute approximate surface area is 122 Å². The lowest BCUT2D eigenvalue weighted by Gasteiger charge is -2.12. The lowest BCUT2D eigenvalue weighted by Crippen LogP contribution is -1.96. The Hall–Kier alpha value is -1.27. The standard InChI is InChI=1S/C12H11Br2N3O/c1-18-11-6-10(8(13)5-9(11)14)17-7-2-3-16-12(15)4-7/h2-6H,1H3,(H3,15,16,17). The Morgan fingerprint density at radius 1 is 1.22 bits per heavy atom. The number of pyridine rings is 1. The highest BCUT2D eigenvalue weighted by Gasteiger charge is 2.07. The van der Waals surface area contributed by atoms with Gasteiger partial charge in [0.25, 0.3) is 0 Å². The van der Waals surface area contributed by atoms with E-state index in [1.165, 1.54) is 0 Å². The average molecular weight is 373 g/mol. The van der Waals surface area contributed by atoms with E-state index in [2.05, 4.69) is 42.2 Å². The van der Waals surface area contributed by atoms with E-state index in [-0.39, 0.29) is 0 Å². The summed E-state index contributed by atoms with van der Waals surface area (Å²) >= 11 is 6.92. The largest absolute Gasteiger partial charge is 0.495 e. The van der Waals surface area contributed by atoms with Gasteiger partial charge in [-0.3, -0.25) is 0 Å². The molecule has 1 heterocycles. The van der Waals surface area contributed by atoms with Crippen molar-refractivity contribution in [3.63, 3.8) is 0 Å². The van der Waals surface area contributed by atoms with Crippen LogP contribution in [0.15, 0.2) is 39.4 Å². The number of halogens is 2. The van der Waals surface area contributed by atoms with E-state index >= 15 is 0 Å². The molecule has 0 saturated carbocycles. The Morgan fingerprint density at radius 2 is 2.00 bits per heavy atom. The van der Waals surface area contributed by atoms with Crippen molar-refractivity contribution in [3.8, 4) is 5.75 Å². The lowest BCUT2D eigenvalue weighted by atomic mass is 10.3. The first kappa shape index (κ1) is 13.2. The summed E-state index contributed by atoms with van der Waals surface area (Å²) in [5.41, 5.74) is 7.39. The van der Waals surface area contributed by atoms with Gasteiger partial charge in [0.2, 0.25) is 0 Å². The van der Waals surface area contributed by atoms with Crippen molar-refractivity contribution in [2.75, 3.05) is 18.2 Å². The van der Waals surface area contributed by atoms with Gasteiger partial charge in [-0.1, -0.05) is 0 Å². The number of methoxy groups -OCH3 is 1. The molecular weight excluding hydrogens is 362 g/mol. The Bertz CT molecular complexity index is 575. The van der Waals surface area contributed by atoms with Crippen molar-refractivity contribution < 1.29 is 4.74 Å². The van der Waals surface area contributed by atoms with Crippen molar-refractivity contribution in [1.82, 2.24) is 4.98 Å². The summed E-state index contributed by atoms with van der Waals surface area (Å²) in [4.78, 5) is 3.95. The maximum Gasteiger partial charge on any atom is 0.135 e. The summed E-state index contributed by atoms with van der Waals surface area (Å²) in [6, 6.07) is 7.43. The second kappa shape index (κ2) is 5.58. The molecule has 1 aromatic carbocycles. The molecule has 0 bridgehead atoms. The maximum atomic E-state index is 5.64. The van der Waals surface area contributed by atoms with E-state index < -0.39 is 0 Å². The van der Waals surface area contributed by atoms with E-state index in [4.69, 9.17) is 10.5 Å². The van der Waals surface area contributed by atoms with Gasteiger partial charge in [0.15, 0.2) is 0 Å². The number of anilines is 3. The van der Waals surface area contributed by atoms with Gasteiger partial charge in [-0.05, 0) is 44.0 Å². The molecule has 4 nitrogen and oxygen atoms in total. The quantitative estimate of drug-likeness (QED) is 0.856. The van der Waals surface area contributed by atoms with Crippen LogP contribution in [0.2, 0.25) is 0 Å². The summed E-state index contributed by atoms with van der Waals surface area (Å²) in [7, 11) is 1.63. The highest BCUT2D eigenvalue weighted by Crippen LogP contribution is 2.35. The SMILES string of the molecule is COc1cc(Nc2ccnc(N)c2)c(Br)cc1Br. The fourth-order valence-corrected chi connectivity index (χ4v) is 2.72. The third-order valence-electron chi connectivity index (χ3n) is 2.30. The van der Waals surface area contributed by atoms with Crippen LogP contribution in [-0.2, 0) is 0 Å². The van der Waals surface area contributed by atoms with Gasteiger partial charge in [-0.15, -0.1) is 0 Å². The number of aromatic nitrogens is 1. The summed E-state index contributed by atoms with van der Waals surface area (Å²) in [6.07, 6.45) is 1.65. The van der Waals surface area contributed by atoms with Crippen LogP contribution in [0, 0.1) is 0 Å². The van der Waals surface area contributed by atoms with Gasteiger partial charge in [0.05, 0.1) is 17.3 Å². The number of nitrogens with zero attached hydrogens (tertiary/aromatic N) is 1. The van der Waals surface area contributed by atoms with Crippen LogP contribution in [0.4, 0.5) is 17.2 Å². The molecule has 94 valence electrons. The predicted octanol–water partition coefficient (Wildman–Crippen LogP) is 3.94. The summed E-state index contributed by atoms with van der Waals surface area (Å²) in [6.45, 7) is 0. The molecule has 3 N–H and O–H groups in total. The molecule has 0 spiro atoms. The first-order chi connectivity index (χ1) is 8.60. The van der Waals surface area contributed by atoms with Crippen LogP contribution >= 0.6 is 31.9 Å². The van der Waals surface area contributed by atoms with Crippen molar-refractivity contribution >= 4 is 49.1 Å². The second-order valence-corrected chi connectivity index (χ2v) is 5.27. The number of benzene rings is 1. The average Bonchev–Trinajstić information content (AvgIpc) is 2.33. The summed E-state index contributed by atoms with van der Waals surface area (Å²) in [5.74, 6) is 1.22. The van der Waals surface area contributed by atoms with Crippen molar-refractivity contribution in [2.45, 2.75) is 0 Å². The van der Waals surface area contributed by atoms with Crippen molar-refractivity contribution in [3.05, 3.63) is 39.4 Å². The van der Waals surface area contributed by atoms with Crippen LogP contribution in [0.1, 0.15) is 0 Å². The summed E-state index contributed by atoms with van der Waals surface area (Å²) < 4.78 is 7.06. The Balaban J connectivity index is 2.34. The lowest BCUT2D eigenvalue weighted by molar-refractivity contribution is 0.412. The van der Waals surface area contributed by atoms with Crippen LogP contribution < -0.4 is 15.8 Å². The third-order valence-corrected chi connectivity index (χ3v) is 3.58. The van der Waals surface area contributed by atoms with Gasteiger partial charge in [0.1, 0.15) is 11.6 Å². The topological polar surface area (TPSA) is 60.2 Å². The Kier molecular flexibility index (Phi) is 4.08. The van der Waals surface area contributed by atoms with E-state index in [9.17, 15) is 0 Å². The molecule has 6 heteroatoms. The molecule has 0 aliphatic heterocycles. The van der Waals surface area contributed by atoms with E-state index in [1.807, 2.05) is 18.2 Å². The predicted molar refractivity (Wildman–Crippen MR) is 80.3 cm³/mol. The van der Waals surface area contributed by atoms with Crippen LogP contribution in [-0.4, -0.2) is 12.1 Å². The van der Waals surface area contributed by atoms with E-state index in [0.29, 0.717) is 5.82 Å². The number of nitrogens with one attached hydrogen (secondary N) is 1. The minimum absolute atomic E-state index is 0.472. The Morgan fingerprint density at radius 3 is 2.67 bits per heavy atom. The molecule has 0 fully saturated rings. The number of rotatable bonds is 3. The van der Waals surface area contributed by atoms with Crippen LogP contribution in [0.3, 0.4) is 0 Å². The summed E-state index contributed by atoms with van der Waals surface area (Å²) in [5, 5.41) is 3.25. The zero-order valence-electron chi connectivity index (χ0n) is 9.58. The molecule has 0 aliphatic rings. The molecule has 1 aromatic heterocycles. The van der Waals surface area contributed by atoms with Crippen LogP contribution in [0.5, 0.6) is 5.75 Å². The van der Waals surface area contributed by atoms with Gasteiger partial charge in [0, 0.05) is 28.5 Å². The molecule has 2 aromatic rings. The number of hydrogen-bond acceptors (Lipinski definition) is 4. The molecule has 2 rings (SSSR count). The molecule has 0 saturated heterocycles. The normalized spacial score (nSPS) is 10.2. The fourth-order valence-electron chi connectivity index (χ4n) is 1.46. The van der Waals surface area contributed by atoms with Gasteiger partial charge >= 0.3 is 0 Å². The molecule has 0 unspecified atom stereocenters. The zero-order chi connectivity index (χ0) is 13.1. The van der Waals surface area contributed by atoms with E-state index in [0.717, 1.165) is 26.1 Å². The third kappa shape index (κ3) is 2.94. The van der Waals surface area contributed by atoms with E-state index in [1.54, 1.807) is 19.4 Å². The zero-order valence-corrected chi connectivity index (χ0v) is 12.7. The number of nitrogen functional groups attached to an aromatic ring is 1. The first-order valence-electron chi connectivity index (χ1n) is 5.11. The van der Waals surface area contributed by atoms with Gasteiger partial charge in [-0.2, -0.15) is 0 Å². The smallest absolute Gasteiger partial charge is 0.135 e. The molecule has 0 radical (unpaired) electrons. The minimum atomic E-state index is 0.472.